The van der Waals surface area contributed by atoms with Crippen molar-refractivity contribution < 1.29 is 14.3 Å². The van der Waals surface area contributed by atoms with Crippen LogP contribution in [0.5, 0.6) is 5.75 Å². The first kappa shape index (κ1) is 16.8. The molecule has 0 saturated carbocycles. The summed E-state index contributed by atoms with van der Waals surface area (Å²) in [5.41, 5.74) is 2.14. The molecule has 2 amide bonds. The fourth-order valence-electron chi connectivity index (χ4n) is 2.82. The zero-order valence-corrected chi connectivity index (χ0v) is 14.4. The Morgan fingerprint density at radius 1 is 0.920 bits per heavy atom. The summed E-state index contributed by atoms with van der Waals surface area (Å²) in [5.74, 6) is 0.136. The van der Waals surface area contributed by atoms with Gasteiger partial charge in [-0.25, -0.2) is 0 Å². The van der Waals surface area contributed by atoms with Gasteiger partial charge in [0.05, 0.1) is 12.7 Å². The van der Waals surface area contributed by atoms with E-state index in [9.17, 15) is 9.59 Å². The second kappa shape index (κ2) is 6.81. The van der Waals surface area contributed by atoms with Crippen LogP contribution in [0.1, 0.15) is 19.4 Å². The van der Waals surface area contributed by atoms with Crippen molar-refractivity contribution in [1.82, 2.24) is 4.90 Å². The SMILES string of the molecule is COc1ccc(NC2=C(c3ccccc3)C(=O)N(C(C)C)C2=O)cc1. The van der Waals surface area contributed by atoms with Gasteiger partial charge >= 0.3 is 0 Å². The molecule has 5 heteroatoms. The molecule has 0 spiro atoms. The van der Waals surface area contributed by atoms with Gasteiger partial charge in [0, 0.05) is 11.7 Å². The number of amides is 2. The van der Waals surface area contributed by atoms with Crippen LogP contribution in [0.4, 0.5) is 5.69 Å². The lowest BCUT2D eigenvalue weighted by Crippen LogP contribution is -2.38. The highest BCUT2D eigenvalue weighted by Crippen LogP contribution is 2.31. The number of carbonyl (C=O) groups excluding carboxylic acids is 2. The molecular weight excluding hydrogens is 316 g/mol. The quantitative estimate of drug-likeness (QED) is 0.851. The molecule has 0 aromatic heterocycles. The van der Waals surface area contributed by atoms with Crippen LogP contribution in [0.2, 0.25) is 0 Å². The number of hydrogen-bond donors (Lipinski definition) is 1. The van der Waals surface area contributed by atoms with Crippen LogP contribution >= 0.6 is 0 Å². The van der Waals surface area contributed by atoms with E-state index in [0.717, 1.165) is 17.0 Å². The largest absolute Gasteiger partial charge is 0.497 e. The van der Waals surface area contributed by atoms with Crippen molar-refractivity contribution in [2.75, 3.05) is 12.4 Å². The molecule has 2 aromatic rings. The Balaban J connectivity index is 2.04. The number of rotatable bonds is 5. The molecule has 2 aromatic carbocycles. The smallest absolute Gasteiger partial charge is 0.278 e. The maximum atomic E-state index is 12.8. The van der Waals surface area contributed by atoms with Crippen molar-refractivity contribution in [1.29, 1.82) is 0 Å². The van der Waals surface area contributed by atoms with Gasteiger partial charge in [0.25, 0.3) is 11.8 Å². The fourth-order valence-corrected chi connectivity index (χ4v) is 2.82. The summed E-state index contributed by atoms with van der Waals surface area (Å²) < 4.78 is 5.15. The van der Waals surface area contributed by atoms with Gasteiger partial charge < -0.3 is 10.1 Å². The van der Waals surface area contributed by atoms with Crippen molar-refractivity contribution >= 4 is 23.1 Å². The molecule has 1 aliphatic rings. The number of benzene rings is 2. The summed E-state index contributed by atoms with van der Waals surface area (Å²) in [7, 11) is 1.60. The van der Waals surface area contributed by atoms with Gasteiger partial charge in [0.15, 0.2) is 0 Å². The van der Waals surface area contributed by atoms with E-state index in [1.165, 1.54) is 4.90 Å². The Kier molecular flexibility index (Phi) is 4.57. The molecule has 0 aliphatic carbocycles. The van der Waals surface area contributed by atoms with E-state index in [1.807, 2.05) is 56.3 Å². The molecule has 0 atom stereocenters. The van der Waals surface area contributed by atoms with Gasteiger partial charge in [0.2, 0.25) is 0 Å². The lowest BCUT2D eigenvalue weighted by molar-refractivity contribution is -0.138. The molecular formula is C20H20N2O3. The van der Waals surface area contributed by atoms with E-state index in [2.05, 4.69) is 5.32 Å². The summed E-state index contributed by atoms with van der Waals surface area (Å²) in [5, 5.41) is 3.12. The first-order valence-electron chi connectivity index (χ1n) is 8.11. The molecule has 1 aliphatic heterocycles. The van der Waals surface area contributed by atoms with E-state index in [4.69, 9.17) is 4.74 Å². The van der Waals surface area contributed by atoms with Gasteiger partial charge in [-0.05, 0) is 43.7 Å². The van der Waals surface area contributed by atoms with Crippen LogP contribution in [0, 0.1) is 0 Å². The molecule has 0 bridgehead atoms. The molecule has 128 valence electrons. The first-order valence-corrected chi connectivity index (χ1v) is 8.11. The Bertz CT molecular complexity index is 824. The van der Waals surface area contributed by atoms with Gasteiger partial charge in [-0.15, -0.1) is 0 Å². The number of nitrogens with zero attached hydrogens (tertiary/aromatic N) is 1. The minimum atomic E-state index is -0.310. The van der Waals surface area contributed by atoms with E-state index >= 15 is 0 Å². The third-order valence-corrected chi connectivity index (χ3v) is 4.05. The van der Waals surface area contributed by atoms with Gasteiger partial charge in [0.1, 0.15) is 11.4 Å². The molecule has 0 fully saturated rings. The lowest BCUT2D eigenvalue weighted by atomic mass is 10.0. The third-order valence-electron chi connectivity index (χ3n) is 4.05. The fraction of sp³-hybridized carbons (Fsp3) is 0.200. The van der Waals surface area contributed by atoms with Crippen LogP contribution < -0.4 is 10.1 Å². The molecule has 0 saturated heterocycles. The highest BCUT2D eigenvalue weighted by molar-refractivity contribution is 6.36. The zero-order chi connectivity index (χ0) is 18.0. The van der Waals surface area contributed by atoms with Crippen molar-refractivity contribution in [2.45, 2.75) is 19.9 Å². The maximum Gasteiger partial charge on any atom is 0.278 e. The summed E-state index contributed by atoms with van der Waals surface area (Å²) in [4.78, 5) is 27.0. The Labute approximate surface area is 146 Å². The zero-order valence-electron chi connectivity index (χ0n) is 14.4. The standard InChI is InChI=1S/C20H20N2O3/c1-13(2)22-19(23)17(14-7-5-4-6-8-14)18(20(22)24)21-15-9-11-16(25-3)12-10-15/h4-13,21H,1-3H3. The number of imide groups is 1. The van der Waals surface area contributed by atoms with Crippen LogP contribution in [-0.4, -0.2) is 29.9 Å². The van der Waals surface area contributed by atoms with E-state index in [1.54, 1.807) is 19.2 Å². The van der Waals surface area contributed by atoms with Crippen molar-refractivity contribution in [2.24, 2.45) is 0 Å². The average Bonchev–Trinajstić information content (AvgIpc) is 2.86. The minimum Gasteiger partial charge on any atom is -0.497 e. The third kappa shape index (κ3) is 3.13. The Morgan fingerprint density at radius 2 is 1.56 bits per heavy atom. The van der Waals surface area contributed by atoms with E-state index < -0.39 is 0 Å². The van der Waals surface area contributed by atoms with Gasteiger partial charge in [-0.2, -0.15) is 0 Å². The summed E-state index contributed by atoms with van der Waals surface area (Å²) in [6.45, 7) is 3.66. The number of hydrogen-bond acceptors (Lipinski definition) is 4. The summed E-state index contributed by atoms with van der Waals surface area (Å²) in [6, 6.07) is 16.2. The normalized spacial score (nSPS) is 14.5. The summed E-state index contributed by atoms with van der Waals surface area (Å²) >= 11 is 0. The first-order chi connectivity index (χ1) is 12.0. The number of carbonyl (C=O) groups is 2. The van der Waals surface area contributed by atoms with Gasteiger partial charge in [-0.1, -0.05) is 30.3 Å². The van der Waals surface area contributed by atoms with Crippen molar-refractivity contribution in [3.8, 4) is 5.75 Å². The second-order valence-corrected chi connectivity index (χ2v) is 6.04. The minimum absolute atomic E-state index is 0.214. The van der Waals surface area contributed by atoms with Crippen molar-refractivity contribution in [3.05, 3.63) is 65.9 Å². The number of ether oxygens (including phenoxy) is 1. The van der Waals surface area contributed by atoms with Crippen LogP contribution in [-0.2, 0) is 9.59 Å². The van der Waals surface area contributed by atoms with E-state index in [0.29, 0.717) is 11.3 Å². The molecule has 0 radical (unpaired) electrons. The topological polar surface area (TPSA) is 58.6 Å². The predicted molar refractivity (Wildman–Crippen MR) is 97.0 cm³/mol. The van der Waals surface area contributed by atoms with E-state index in [-0.39, 0.29) is 17.9 Å². The monoisotopic (exact) mass is 336 g/mol. The number of methoxy groups -OCH3 is 1. The molecule has 5 nitrogen and oxygen atoms in total. The predicted octanol–water partition coefficient (Wildman–Crippen LogP) is 3.30. The van der Waals surface area contributed by atoms with Crippen LogP contribution in [0.25, 0.3) is 5.57 Å². The highest BCUT2D eigenvalue weighted by atomic mass is 16.5. The molecule has 25 heavy (non-hydrogen) atoms. The number of anilines is 1. The maximum absolute atomic E-state index is 12.8. The lowest BCUT2D eigenvalue weighted by Gasteiger charge is -2.19. The highest BCUT2D eigenvalue weighted by Gasteiger charge is 2.40. The average molecular weight is 336 g/mol. The van der Waals surface area contributed by atoms with Crippen LogP contribution in [0.15, 0.2) is 60.3 Å². The molecule has 3 rings (SSSR count). The molecule has 0 unspecified atom stereocenters. The Morgan fingerprint density at radius 3 is 2.12 bits per heavy atom. The summed E-state index contributed by atoms with van der Waals surface area (Å²) in [6.07, 6.45) is 0. The van der Waals surface area contributed by atoms with Gasteiger partial charge in [-0.3, -0.25) is 14.5 Å². The van der Waals surface area contributed by atoms with Crippen LogP contribution in [0.3, 0.4) is 0 Å². The number of nitrogens with one attached hydrogen (secondary N) is 1. The Hall–Kier alpha value is -3.08. The van der Waals surface area contributed by atoms with Crippen molar-refractivity contribution in [3.63, 3.8) is 0 Å². The molecule has 1 N–H and O–H groups in total. The second-order valence-electron chi connectivity index (χ2n) is 6.04. The molecule has 1 heterocycles.